The molecule has 0 unspecified atom stereocenters. The van der Waals surface area contributed by atoms with Gasteiger partial charge in [-0.15, -0.1) is 0 Å². The number of anilines is 2. The Hall–Kier alpha value is -2.61. The van der Waals surface area contributed by atoms with E-state index < -0.39 is 0 Å². The zero-order valence-corrected chi connectivity index (χ0v) is 11.0. The number of hydrogen-bond acceptors (Lipinski definition) is 2. The number of para-hydroxylation sites is 1. The van der Waals surface area contributed by atoms with Crippen LogP contribution in [0, 0.1) is 0 Å². The summed E-state index contributed by atoms with van der Waals surface area (Å²) in [6, 6.07) is 23.2. The van der Waals surface area contributed by atoms with Crippen LogP contribution >= 0.6 is 0 Å². The first-order valence-electron chi connectivity index (χ1n) is 6.80. The van der Waals surface area contributed by atoms with Crippen LogP contribution in [0.1, 0.15) is 0 Å². The van der Waals surface area contributed by atoms with Crippen molar-refractivity contribution in [3.8, 4) is 0 Å². The SMILES string of the molecule is C1=Nc2c(ccc3ccccc23)N(c2ccccc2)C1. The molecule has 96 valence electrons. The minimum Gasteiger partial charge on any atom is -0.334 e. The minimum atomic E-state index is 0.815. The molecule has 0 fully saturated rings. The van der Waals surface area contributed by atoms with Crippen LogP contribution in [0.5, 0.6) is 0 Å². The van der Waals surface area contributed by atoms with Crippen molar-refractivity contribution in [3.05, 3.63) is 66.7 Å². The molecule has 2 heteroatoms. The van der Waals surface area contributed by atoms with E-state index in [-0.39, 0.29) is 0 Å². The summed E-state index contributed by atoms with van der Waals surface area (Å²) >= 11 is 0. The zero-order valence-electron chi connectivity index (χ0n) is 11.0. The van der Waals surface area contributed by atoms with E-state index in [1.54, 1.807) is 0 Å². The second kappa shape index (κ2) is 4.49. The molecular formula is C18H14N2. The summed E-state index contributed by atoms with van der Waals surface area (Å²) in [5.74, 6) is 0. The van der Waals surface area contributed by atoms with Crippen molar-refractivity contribution < 1.29 is 0 Å². The number of aliphatic imine (C=N–C) groups is 1. The summed E-state index contributed by atoms with van der Waals surface area (Å²) in [4.78, 5) is 6.93. The van der Waals surface area contributed by atoms with Crippen molar-refractivity contribution >= 4 is 34.0 Å². The van der Waals surface area contributed by atoms with Gasteiger partial charge in [-0.3, -0.25) is 4.99 Å². The smallest absolute Gasteiger partial charge is 0.0941 e. The molecule has 0 radical (unpaired) electrons. The monoisotopic (exact) mass is 258 g/mol. The number of benzene rings is 3. The Labute approximate surface area is 118 Å². The number of nitrogens with zero attached hydrogens (tertiary/aromatic N) is 2. The molecule has 20 heavy (non-hydrogen) atoms. The zero-order chi connectivity index (χ0) is 13.4. The molecular weight excluding hydrogens is 244 g/mol. The summed E-state index contributed by atoms with van der Waals surface area (Å²) in [5.41, 5.74) is 3.45. The molecule has 1 aliphatic rings. The predicted octanol–water partition coefficient (Wildman–Crippen LogP) is 4.69. The fourth-order valence-electron chi connectivity index (χ4n) is 2.76. The van der Waals surface area contributed by atoms with E-state index in [1.165, 1.54) is 22.1 Å². The van der Waals surface area contributed by atoms with Crippen LogP contribution in [0.25, 0.3) is 10.8 Å². The lowest BCUT2D eigenvalue weighted by Crippen LogP contribution is -2.21. The second-order valence-electron chi connectivity index (χ2n) is 4.91. The van der Waals surface area contributed by atoms with Crippen molar-refractivity contribution in [2.24, 2.45) is 4.99 Å². The quantitative estimate of drug-likeness (QED) is 0.618. The van der Waals surface area contributed by atoms with Crippen LogP contribution in [0.15, 0.2) is 71.7 Å². The minimum absolute atomic E-state index is 0.815. The van der Waals surface area contributed by atoms with Gasteiger partial charge in [0.1, 0.15) is 0 Å². The van der Waals surface area contributed by atoms with E-state index in [4.69, 9.17) is 0 Å². The molecule has 4 rings (SSSR count). The molecule has 0 bridgehead atoms. The van der Waals surface area contributed by atoms with E-state index in [0.29, 0.717) is 0 Å². The molecule has 0 atom stereocenters. The van der Waals surface area contributed by atoms with Gasteiger partial charge in [-0.05, 0) is 23.6 Å². The van der Waals surface area contributed by atoms with Gasteiger partial charge in [0.2, 0.25) is 0 Å². The van der Waals surface area contributed by atoms with Crippen LogP contribution in [0.3, 0.4) is 0 Å². The topological polar surface area (TPSA) is 15.6 Å². The Balaban J connectivity index is 1.94. The standard InChI is InChI=1S/C18H14N2/c1-2-7-15(8-3-1)20-13-12-19-18-16-9-5-4-6-14(16)10-11-17(18)20/h1-12H,13H2. The first-order chi connectivity index (χ1) is 9.93. The lowest BCUT2D eigenvalue weighted by atomic mass is 10.1. The summed E-state index contributed by atoms with van der Waals surface area (Å²) in [6.45, 7) is 0.815. The Morgan fingerprint density at radius 2 is 1.60 bits per heavy atom. The normalized spacial score (nSPS) is 13.5. The highest BCUT2D eigenvalue weighted by molar-refractivity contribution is 6.03. The van der Waals surface area contributed by atoms with Gasteiger partial charge in [-0.1, -0.05) is 48.5 Å². The maximum Gasteiger partial charge on any atom is 0.0941 e. The average molecular weight is 258 g/mol. The van der Waals surface area contributed by atoms with Gasteiger partial charge in [-0.25, -0.2) is 0 Å². The number of fused-ring (bicyclic) bond motifs is 3. The van der Waals surface area contributed by atoms with Crippen LogP contribution in [0.2, 0.25) is 0 Å². The van der Waals surface area contributed by atoms with E-state index in [1.807, 2.05) is 12.3 Å². The van der Waals surface area contributed by atoms with E-state index in [0.717, 1.165) is 12.2 Å². The van der Waals surface area contributed by atoms with Crippen molar-refractivity contribution in [1.29, 1.82) is 0 Å². The summed E-state index contributed by atoms with van der Waals surface area (Å²) in [6.07, 6.45) is 1.99. The Bertz CT molecular complexity index is 791. The van der Waals surface area contributed by atoms with Crippen LogP contribution in [-0.4, -0.2) is 12.8 Å². The van der Waals surface area contributed by atoms with Gasteiger partial charge < -0.3 is 4.90 Å². The molecule has 1 aliphatic heterocycles. The molecule has 0 aromatic heterocycles. The van der Waals surface area contributed by atoms with E-state index in [2.05, 4.69) is 70.6 Å². The fraction of sp³-hybridized carbons (Fsp3) is 0.0556. The van der Waals surface area contributed by atoms with Crippen molar-refractivity contribution in [2.45, 2.75) is 0 Å². The van der Waals surface area contributed by atoms with Gasteiger partial charge in [0.15, 0.2) is 0 Å². The molecule has 0 spiro atoms. The van der Waals surface area contributed by atoms with Gasteiger partial charge in [0.25, 0.3) is 0 Å². The van der Waals surface area contributed by atoms with Crippen molar-refractivity contribution in [1.82, 2.24) is 0 Å². The molecule has 1 heterocycles. The largest absolute Gasteiger partial charge is 0.334 e. The van der Waals surface area contributed by atoms with E-state index >= 15 is 0 Å². The molecule has 2 nitrogen and oxygen atoms in total. The highest BCUT2D eigenvalue weighted by Crippen LogP contribution is 2.40. The van der Waals surface area contributed by atoms with Crippen molar-refractivity contribution in [3.63, 3.8) is 0 Å². The molecule has 0 saturated heterocycles. The Morgan fingerprint density at radius 3 is 2.50 bits per heavy atom. The average Bonchev–Trinajstić information content (AvgIpc) is 2.55. The number of hydrogen-bond donors (Lipinski definition) is 0. The summed E-state index contributed by atoms with van der Waals surface area (Å²) < 4.78 is 0. The van der Waals surface area contributed by atoms with Gasteiger partial charge >= 0.3 is 0 Å². The lowest BCUT2D eigenvalue weighted by molar-refractivity contribution is 1.12. The van der Waals surface area contributed by atoms with Gasteiger partial charge in [0, 0.05) is 17.3 Å². The first-order valence-corrected chi connectivity index (χ1v) is 6.80. The second-order valence-corrected chi connectivity index (χ2v) is 4.91. The molecule has 0 amide bonds. The maximum atomic E-state index is 4.63. The third-order valence-electron chi connectivity index (χ3n) is 3.72. The highest BCUT2D eigenvalue weighted by Gasteiger charge is 2.17. The van der Waals surface area contributed by atoms with Crippen LogP contribution in [-0.2, 0) is 0 Å². The number of rotatable bonds is 1. The lowest BCUT2D eigenvalue weighted by Gasteiger charge is -2.28. The fourth-order valence-corrected chi connectivity index (χ4v) is 2.76. The maximum absolute atomic E-state index is 4.63. The van der Waals surface area contributed by atoms with Gasteiger partial charge in [0.05, 0.1) is 17.9 Å². The Morgan fingerprint density at radius 1 is 0.800 bits per heavy atom. The molecule has 3 aromatic carbocycles. The van der Waals surface area contributed by atoms with Crippen LogP contribution in [0.4, 0.5) is 17.1 Å². The Kier molecular flexibility index (Phi) is 2.52. The van der Waals surface area contributed by atoms with Crippen LogP contribution < -0.4 is 4.90 Å². The summed E-state index contributed by atoms with van der Waals surface area (Å²) in [5, 5.41) is 2.44. The third kappa shape index (κ3) is 1.69. The van der Waals surface area contributed by atoms with E-state index in [9.17, 15) is 0 Å². The third-order valence-corrected chi connectivity index (χ3v) is 3.72. The molecule has 0 N–H and O–H groups in total. The summed E-state index contributed by atoms with van der Waals surface area (Å²) in [7, 11) is 0. The highest BCUT2D eigenvalue weighted by atomic mass is 15.2. The first kappa shape index (κ1) is 11.2. The molecule has 0 saturated carbocycles. The molecule has 3 aromatic rings. The van der Waals surface area contributed by atoms with Crippen molar-refractivity contribution in [2.75, 3.05) is 11.4 Å². The predicted molar refractivity (Wildman–Crippen MR) is 85.5 cm³/mol. The van der Waals surface area contributed by atoms with Gasteiger partial charge in [-0.2, -0.15) is 0 Å². The molecule has 0 aliphatic carbocycles.